The number of ether oxygens (including phenoxy) is 1. The molecule has 3 rings (SSSR count). The second kappa shape index (κ2) is 7.38. The molecule has 25 heavy (non-hydrogen) atoms. The fraction of sp³-hybridized carbons (Fsp3) is 0.562. The number of thioether (sulfide) groups is 1. The van der Waals surface area contributed by atoms with E-state index >= 15 is 0 Å². The molecule has 0 atom stereocenters. The topological polar surface area (TPSA) is 89.7 Å². The van der Waals surface area contributed by atoms with Crippen LogP contribution in [0.1, 0.15) is 29.8 Å². The Hall–Kier alpha value is -2.16. The van der Waals surface area contributed by atoms with Crippen molar-refractivity contribution in [2.45, 2.75) is 38.3 Å². The molecule has 134 valence electrons. The van der Waals surface area contributed by atoms with Crippen LogP contribution in [-0.2, 0) is 20.7 Å². The predicted molar refractivity (Wildman–Crippen MR) is 92.5 cm³/mol. The molecule has 1 aliphatic heterocycles. The number of hydrogen-bond acceptors (Lipinski definition) is 7. The number of carbonyl (C=O) groups excluding carboxylic acids is 2. The number of rotatable bonds is 5. The molecule has 0 aromatic carbocycles. The molecule has 0 spiro atoms. The average Bonchev–Trinajstić information content (AvgIpc) is 3.25. The number of hydrogen-bond donors (Lipinski definition) is 0. The fourth-order valence-electron chi connectivity index (χ4n) is 2.93. The van der Waals surface area contributed by atoms with Crippen LogP contribution in [0.3, 0.4) is 0 Å². The highest BCUT2D eigenvalue weighted by Gasteiger charge is 2.21. The summed E-state index contributed by atoms with van der Waals surface area (Å²) in [6.07, 6.45) is 3.98. The lowest BCUT2D eigenvalue weighted by atomic mass is 10.1. The zero-order chi connectivity index (χ0) is 18.0. The molecule has 0 saturated carbocycles. The van der Waals surface area contributed by atoms with Gasteiger partial charge in [-0.3, -0.25) is 9.59 Å². The summed E-state index contributed by atoms with van der Waals surface area (Å²) in [4.78, 5) is 34.6. The van der Waals surface area contributed by atoms with E-state index in [1.54, 1.807) is 9.42 Å². The van der Waals surface area contributed by atoms with Crippen LogP contribution in [0.4, 0.5) is 0 Å². The number of amides is 1. The molecular formula is C16H21N5O3S. The van der Waals surface area contributed by atoms with E-state index in [1.165, 1.54) is 11.8 Å². The number of likely N-dealkylation sites (tertiary alicyclic amines) is 1. The van der Waals surface area contributed by atoms with Gasteiger partial charge in [0.1, 0.15) is 0 Å². The molecule has 1 saturated heterocycles. The molecule has 9 heteroatoms. The molecule has 2 aromatic heterocycles. The predicted octanol–water partition coefficient (Wildman–Crippen LogP) is 1.17. The minimum Gasteiger partial charge on any atom is -0.455 e. The molecule has 8 nitrogen and oxygen atoms in total. The van der Waals surface area contributed by atoms with E-state index in [4.69, 9.17) is 4.74 Å². The molecule has 0 N–H and O–H groups in total. The smallest absolute Gasteiger partial charge is 0.310 e. The zero-order valence-electron chi connectivity index (χ0n) is 14.6. The third kappa shape index (κ3) is 3.76. The first kappa shape index (κ1) is 17.7. The summed E-state index contributed by atoms with van der Waals surface area (Å²) < 4.78 is 6.80. The van der Waals surface area contributed by atoms with Crippen molar-refractivity contribution in [1.29, 1.82) is 0 Å². The SMILES string of the molecule is CSc1nc2nc(C)c(CC(=O)OCC(=O)N3CCCC3)c(C)n2n1. The van der Waals surface area contributed by atoms with Gasteiger partial charge in [-0.05, 0) is 32.9 Å². The van der Waals surface area contributed by atoms with Crippen molar-refractivity contribution >= 4 is 29.4 Å². The minimum atomic E-state index is -0.440. The fourth-order valence-corrected chi connectivity index (χ4v) is 3.26. The summed E-state index contributed by atoms with van der Waals surface area (Å²) in [5.74, 6) is -0.0560. The van der Waals surface area contributed by atoms with Crippen molar-refractivity contribution in [3.63, 3.8) is 0 Å². The maximum atomic E-state index is 12.2. The van der Waals surface area contributed by atoms with Crippen LogP contribution in [0.15, 0.2) is 5.16 Å². The number of fused-ring (bicyclic) bond motifs is 1. The number of aromatic nitrogens is 4. The van der Waals surface area contributed by atoms with Gasteiger partial charge in [-0.15, -0.1) is 5.10 Å². The van der Waals surface area contributed by atoms with E-state index in [0.717, 1.165) is 37.2 Å². The number of aryl methyl sites for hydroxylation is 2. The molecule has 3 heterocycles. The average molecular weight is 363 g/mol. The Kier molecular flexibility index (Phi) is 5.22. The summed E-state index contributed by atoms with van der Waals surface area (Å²) in [6, 6.07) is 0. The van der Waals surface area contributed by atoms with Crippen LogP contribution in [-0.4, -0.2) is 62.3 Å². The summed E-state index contributed by atoms with van der Waals surface area (Å²) in [5.41, 5.74) is 2.27. The van der Waals surface area contributed by atoms with E-state index in [1.807, 2.05) is 20.1 Å². The minimum absolute atomic E-state index is 0.0579. The number of esters is 1. The van der Waals surface area contributed by atoms with Crippen molar-refractivity contribution in [2.24, 2.45) is 0 Å². The van der Waals surface area contributed by atoms with Crippen molar-refractivity contribution in [3.8, 4) is 0 Å². The van der Waals surface area contributed by atoms with Crippen LogP contribution in [0.5, 0.6) is 0 Å². The van der Waals surface area contributed by atoms with Crippen LogP contribution >= 0.6 is 11.8 Å². The van der Waals surface area contributed by atoms with Crippen molar-refractivity contribution < 1.29 is 14.3 Å². The standard InChI is InChI=1S/C16H21N5O3S/c1-10-12(11(2)21-15(17-10)18-16(19-21)25-3)8-14(23)24-9-13(22)20-6-4-5-7-20/h4-9H2,1-3H3. The van der Waals surface area contributed by atoms with Gasteiger partial charge in [-0.25, -0.2) is 9.50 Å². The van der Waals surface area contributed by atoms with Gasteiger partial charge < -0.3 is 9.64 Å². The summed E-state index contributed by atoms with van der Waals surface area (Å²) in [6.45, 7) is 5.00. The van der Waals surface area contributed by atoms with Gasteiger partial charge in [0.05, 0.1) is 6.42 Å². The summed E-state index contributed by atoms with van der Waals surface area (Å²) in [5, 5.41) is 4.99. The first-order valence-corrected chi connectivity index (χ1v) is 9.42. The van der Waals surface area contributed by atoms with Crippen LogP contribution in [0.25, 0.3) is 5.78 Å². The van der Waals surface area contributed by atoms with Gasteiger partial charge in [0.2, 0.25) is 5.16 Å². The lowest BCUT2D eigenvalue weighted by Gasteiger charge is -2.15. The lowest BCUT2D eigenvalue weighted by molar-refractivity contribution is -0.151. The lowest BCUT2D eigenvalue weighted by Crippen LogP contribution is -2.32. The molecular weight excluding hydrogens is 342 g/mol. The molecule has 0 radical (unpaired) electrons. The van der Waals surface area contributed by atoms with Gasteiger partial charge in [-0.2, -0.15) is 4.98 Å². The highest BCUT2D eigenvalue weighted by molar-refractivity contribution is 7.98. The third-order valence-corrected chi connectivity index (χ3v) is 4.89. The van der Waals surface area contributed by atoms with Gasteiger partial charge >= 0.3 is 5.97 Å². The highest BCUT2D eigenvalue weighted by Crippen LogP contribution is 2.17. The van der Waals surface area contributed by atoms with Crippen molar-refractivity contribution in [3.05, 3.63) is 17.0 Å². The largest absolute Gasteiger partial charge is 0.455 e. The van der Waals surface area contributed by atoms with E-state index in [9.17, 15) is 9.59 Å². The molecule has 1 fully saturated rings. The zero-order valence-corrected chi connectivity index (χ0v) is 15.4. The van der Waals surface area contributed by atoms with Gasteiger partial charge in [-0.1, -0.05) is 11.8 Å². The molecule has 0 unspecified atom stereocenters. The molecule has 0 aliphatic carbocycles. The Bertz CT molecular complexity index is 814. The Morgan fingerprint density at radius 3 is 2.60 bits per heavy atom. The van der Waals surface area contributed by atoms with Crippen molar-refractivity contribution in [2.75, 3.05) is 26.0 Å². The molecule has 0 bridgehead atoms. The second-order valence-corrected chi connectivity index (χ2v) is 6.77. The van der Waals surface area contributed by atoms with Gasteiger partial charge in [0.15, 0.2) is 6.61 Å². The van der Waals surface area contributed by atoms with E-state index in [0.29, 0.717) is 16.6 Å². The maximum absolute atomic E-state index is 12.2. The van der Waals surface area contributed by atoms with Crippen LogP contribution < -0.4 is 0 Å². The second-order valence-electron chi connectivity index (χ2n) is 6.00. The summed E-state index contributed by atoms with van der Waals surface area (Å²) >= 11 is 1.44. The van der Waals surface area contributed by atoms with Gasteiger partial charge in [0, 0.05) is 30.0 Å². The highest BCUT2D eigenvalue weighted by atomic mass is 32.2. The summed E-state index contributed by atoms with van der Waals surface area (Å²) in [7, 11) is 0. The molecule has 1 amide bonds. The van der Waals surface area contributed by atoms with E-state index in [2.05, 4.69) is 15.1 Å². The third-order valence-electron chi connectivity index (χ3n) is 4.35. The first-order chi connectivity index (χ1) is 12.0. The van der Waals surface area contributed by atoms with Crippen LogP contribution in [0, 0.1) is 13.8 Å². The quantitative estimate of drug-likeness (QED) is 0.582. The number of carbonyl (C=O) groups is 2. The Labute approximate surface area is 150 Å². The van der Waals surface area contributed by atoms with Gasteiger partial charge in [0.25, 0.3) is 11.7 Å². The normalized spacial score (nSPS) is 14.3. The Morgan fingerprint density at radius 1 is 1.20 bits per heavy atom. The van der Waals surface area contributed by atoms with Crippen LogP contribution in [0.2, 0.25) is 0 Å². The maximum Gasteiger partial charge on any atom is 0.310 e. The Morgan fingerprint density at radius 2 is 1.92 bits per heavy atom. The number of nitrogens with zero attached hydrogens (tertiary/aromatic N) is 5. The molecule has 2 aromatic rings. The van der Waals surface area contributed by atoms with Crippen molar-refractivity contribution in [1.82, 2.24) is 24.5 Å². The van der Waals surface area contributed by atoms with E-state index in [-0.39, 0.29) is 18.9 Å². The first-order valence-electron chi connectivity index (χ1n) is 8.20. The van der Waals surface area contributed by atoms with E-state index < -0.39 is 5.97 Å². The molecule has 1 aliphatic rings. The Balaban J connectivity index is 1.69. The monoisotopic (exact) mass is 363 g/mol.